The molecule has 0 aliphatic carbocycles. The summed E-state index contributed by atoms with van der Waals surface area (Å²) in [6.45, 7) is 7.77. The molecule has 0 fully saturated rings. The van der Waals surface area contributed by atoms with Gasteiger partial charge in [-0.3, -0.25) is 5.32 Å². The first-order valence-corrected chi connectivity index (χ1v) is 6.90. The van der Waals surface area contributed by atoms with Gasteiger partial charge in [0.15, 0.2) is 0 Å². The van der Waals surface area contributed by atoms with E-state index in [9.17, 15) is 4.79 Å². The van der Waals surface area contributed by atoms with E-state index in [4.69, 9.17) is 4.74 Å². The normalized spacial score (nSPS) is 12.0. The van der Waals surface area contributed by atoms with Crippen LogP contribution in [0, 0.1) is 0 Å². The molecule has 0 spiro atoms. The first-order valence-electron chi connectivity index (χ1n) is 6.90. The highest BCUT2D eigenvalue weighted by Gasteiger charge is 2.24. The Labute approximate surface area is 138 Å². The first-order chi connectivity index (χ1) is 9.24. The fourth-order valence-corrected chi connectivity index (χ4v) is 2.24. The van der Waals surface area contributed by atoms with Crippen molar-refractivity contribution in [2.45, 2.75) is 13.8 Å². The Morgan fingerprint density at radius 1 is 1.19 bits per heavy atom. The van der Waals surface area contributed by atoms with Crippen LogP contribution in [-0.4, -0.2) is 32.2 Å². The summed E-state index contributed by atoms with van der Waals surface area (Å²) >= 11 is 0. The van der Waals surface area contributed by atoms with Crippen LogP contribution < -0.4 is 35.0 Å². The van der Waals surface area contributed by atoms with Crippen molar-refractivity contribution in [3.8, 4) is 0 Å². The van der Waals surface area contributed by atoms with Gasteiger partial charge in [-0.1, -0.05) is 12.1 Å². The number of rotatable bonds is 6. The van der Waals surface area contributed by atoms with Gasteiger partial charge in [-0.2, -0.15) is 0 Å². The second-order valence-corrected chi connectivity index (χ2v) is 4.72. The van der Waals surface area contributed by atoms with Gasteiger partial charge < -0.3 is 34.5 Å². The molecule has 0 atom stereocenters. The molecule has 1 aromatic rings. The molecule has 118 valence electrons. The lowest BCUT2D eigenvalue weighted by Crippen LogP contribution is -3.11. The van der Waals surface area contributed by atoms with Gasteiger partial charge in [-0.15, -0.1) is 0 Å². The third kappa shape index (κ3) is 5.32. The lowest BCUT2D eigenvalue weighted by Gasteiger charge is -2.14. The van der Waals surface area contributed by atoms with Crippen molar-refractivity contribution in [2.24, 2.45) is 0 Å². The van der Waals surface area contributed by atoms with E-state index in [1.54, 1.807) is 0 Å². The van der Waals surface area contributed by atoms with Crippen molar-refractivity contribution in [1.82, 2.24) is 0 Å². The van der Waals surface area contributed by atoms with E-state index >= 15 is 0 Å². The number of carbonyl (C=O) groups is 1. The van der Waals surface area contributed by atoms with E-state index < -0.39 is 0 Å². The molecule has 0 unspecified atom stereocenters. The van der Waals surface area contributed by atoms with Crippen molar-refractivity contribution in [1.29, 1.82) is 0 Å². The van der Waals surface area contributed by atoms with Crippen LogP contribution in [0.25, 0.3) is 6.08 Å². The topological polar surface area (TPSA) is 47.4 Å². The Bertz CT molecular complexity index is 488. The minimum absolute atomic E-state index is 0. The molecular formula is C15H22Cl2N2O2. The van der Waals surface area contributed by atoms with E-state index in [0.717, 1.165) is 30.9 Å². The Morgan fingerprint density at radius 3 is 2.48 bits per heavy atom. The summed E-state index contributed by atoms with van der Waals surface area (Å²) in [5.41, 5.74) is 2.82. The van der Waals surface area contributed by atoms with Crippen LogP contribution >= 0.6 is 0 Å². The summed E-state index contributed by atoms with van der Waals surface area (Å²) in [4.78, 5) is 13.4. The predicted octanol–water partition coefficient (Wildman–Crippen LogP) is -6.29. The van der Waals surface area contributed by atoms with Gasteiger partial charge >= 0.3 is 5.97 Å². The van der Waals surface area contributed by atoms with Gasteiger partial charge in [0.05, 0.1) is 13.1 Å². The van der Waals surface area contributed by atoms with E-state index in [2.05, 4.69) is 13.8 Å². The average molecular weight is 333 g/mol. The van der Waals surface area contributed by atoms with Crippen molar-refractivity contribution in [2.75, 3.05) is 26.2 Å². The largest absolute Gasteiger partial charge is 1.00 e. The maximum Gasteiger partial charge on any atom is 0.393 e. The number of fused-ring (bicyclic) bond motifs is 1. The Morgan fingerprint density at radius 2 is 1.86 bits per heavy atom. The third-order valence-corrected chi connectivity index (χ3v) is 3.54. The number of hydrogen-bond acceptors (Lipinski definition) is 2. The summed E-state index contributed by atoms with van der Waals surface area (Å²) in [5, 5.41) is 1.89. The number of para-hydroxylation sites is 1. The van der Waals surface area contributed by atoms with Gasteiger partial charge in [0.2, 0.25) is 5.70 Å². The summed E-state index contributed by atoms with van der Waals surface area (Å²) in [5.74, 6) is -0.220. The second-order valence-electron chi connectivity index (χ2n) is 4.72. The van der Waals surface area contributed by atoms with Crippen molar-refractivity contribution < 1.29 is 44.6 Å². The zero-order valence-electron chi connectivity index (χ0n) is 12.4. The molecule has 0 amide bonds. The van der Waals surface area contributed by atoms with Crippen LogP contribution in [0.15, 0.2) is 30.0 Å². The highest BCUT2D eigenvalue weighted by molar-refractivity contribution is 5.93. The number of nitrogens with one attached hydrogen (secondary N) is 1. The fraction of sp³-hybridized carbons (Fsp3) is 0.400. The predicted molar refractivity (Wildman–Crippen MR) is 73.9 cm³/mol. The number of halogens is 2. The lowest BCUT2D eigenvalue weighted by molar-refractivity contribution is -0.896. The third-order valence-electron chi connectivity index (χ3n) is 3.54. The number of hydrogen-bond donors (Lipinski definition) is 2. The summed E-state index contributed by atoms with van der Waals surface area (Å²) in [7, 11) is 0. The monoisotopic (exact) mass is 332 g/mol. The molecule has 1 aliphatic heterocycles. The molecule has 6 heteroatoms. The van der Waals surface area contributed by atoms with Crippen molar-refractivity contribution >= 4 is 17.7 Å². The van der Waals surface area contributed by atoms with E-state index in [1.807, 2.05) is 35.7 Å². The zero-order valence-corrected chi connectivity index (χ0v) is 13.9. The lowest BCUT2D eigenvalue weighted by atomic mass is 10.2. The molecule has 0 saturated carbocycles. The van der Waals surface area contributed by atoms with Gasteiger partial charge in [0.1, 0.15) is 18.8 Å². The molecule has 21 heavy (non-hydrogen) atoms. The van der Waals surface area contributed by atoms with E-state index in [1.165, 1.54) is 4.90 Å². The summed E-state index contributed by atoms with van der Waals surface area (Å²) in [6, 6.07) is 7.96. The molecule has 2 rings (SSSR count). The van der Waals surface area contributed by atoms with Crippen LogP contribution in [0.1, 0.15) is 19.4 Å². The molecule has 1 heterocycles. The van der Waals surface area contributed by atoms with Crippen molar-refractivity contribution in [3.05, 3.63) is 35.5 Å². The minimum atomic E-state index is -0.220. The van der Waals surface area contributed by atoms with Gasteiger partial charge in [-0.25, -0.2) is 4.79 Å². The molecule has 3 N–H and O–H groups in total. The molecule has 0 bridgehead atoms. The molecule has 4 nitrogen and oxygen atoms in total. The van der Waals surface area contributed by atoms with Crippen LogP contribution in [-0.2, 0) is 9.53 Å². The number of nitrogens with two attached hydrogens (primary N) is 1. The molecule has 1 aromatic carbocycles. The maximum atomic E-state index is 11.9. The molecule has 0 aromatic heterocycles. The Hall–Kier alpha value is -1.07. The van der Waals surface area contributed by atoms with E-state index in [0.29, 0.717) is 12.3 Å². The SMILES string of the molecule is CC[NH+](CC)CCOC(=O)C1=Cc2ccccc2[NH2+]1.[Cl-].[Cl-]. The highest BCUT2D eigenvalue weighted by atomic mass is 35.5. The Balaban J connectivity index is 0.00000200. The number of quaternary nitrogens is 2. The van der Waals surface area contributed by atoms with Gasteiger partial charge in [0, 0.05) is 17.7 Å². The fourth-order valence-electron chi connectivity index (χ4n) is 2.24. The van der Waals surface area contributed by atoms with Gasteiger partial charge in [-0.05, 0) is 19.9 Å². The number of likely N-dealkylation sites (N-methyl/N-ethyl adjacent to an activating group) is 1. The van der Waals surface area contributed by atoms with Crippen LogP contribution in [0.3, 0.4) is 0 Å². The average Bonchev–Trinajstić information content (AvgIpc) is 2.87. The quantitative estimate of drug-likeness (QED) is 0.402. The number of carbonyl (C=O) groups excluding carboxylic acids is 1. The molecule has 1 aliphatic rings. The van der Waals surface area contributed by atoms with Crippen LogP contribution in [0.5, 0.6) is 0 Å². The summed E-state index contributed by atoms with van der Waals surface area (Å²) in [6.07, 6.45) is 1.89. The number of benzene rings is 1. The van der Waals surface area contributed by atoms with Crippen molar-refractivity contribution in [3.63, 3.8) is 0 Å². The number of esters is 1. The minimum Gasteiger partial charge on any atom is -1.00 e. The van der Waals surface area contributed by atoms with E-state index in [-0.39, 0.29) is 30.8 Å². The standard InChI is InChI=1S/C15H20N2O2.2ClH/c1-3-17(4-2)9-10-19-15(18)14-11-12-7-5-6-8-13(12)16-14;;/h5-8,11,16H,3-4,9-10H2,1-2H3;2*1H. The maximum absolute atomic E-state index is 11.9. The Kier molecular flexibility index (Phi) is 9.29. The van der Waals surface area contributed by atoms with Crippen LogP contribution in [0.4, 0.5) is 5.69 Å². The molecule has 0 saturated heterocycles. The zero-order chi connectivity index (χ0) is 13.7. The highest BCUT2D eigenvalue weighted by Crippen LogP contribution is 2.18. The molecule has 0 radical (unpaired) electrons. The first kappa shape index (κ1) is 19.9. The van der Waals surface area contributed by atoms with Gasteiger partial charge in [0.25, 0.3) is 0 Å². The smallest absolute Gasteiger partial charge is 0.393 e. The van der Waals surface area contributed by atoms with Crippen LogP contribution in [0.2, 0.25) is 0 Å². The number of ether oxygens (including phenoxy) is 1. The summed E-state index contributed by atoms with van der Waals surface area (Å²) < 4.78 is 5.33. The second kappa shape index (κ2) is 9.79. The molecular weight excluding hydrogens is 311 g/mol.